The summed E-state index contributed by atoms with van der Waals surface area (Å²) in [5.74, 6) is 1.15. The summed E-state index contributed by atoms with van der Waals surface area (Å²) in [5, 5.41) is 0. The fraction of sp³-hybridized carbons (Fsp3) is 0.111. The molecule has 1 aromatic heterocycles. The summed E-state index contributed by atoms with van der Waals surface area (Å²) in [6, 6.07) is 26.2. The SMILES string of the molecule is COC(=O)Cn1cc(-c2ccc(-c3ccccc3)cc2)nc1/C=C/c1ccc(OC)cc1. The Balaban J connectivity index is 1.62. The van der Waals surface area contributed by atoms with Crippen molar-refractivity contribution in [1.29, 1.82) is 0 Å². The number of hydrogen-bond donors (Lipinski definition) is 0. The number of imidazole rings is 1. The molecule has 0 fully saturated rings. The Morgan fingerprint density at radius 1 is 0.844 bits per heavy atom. The summed E-state index contributed by atoms with van der Waals surface area (Å²) >= 11 is 0. The van der Waals surface area contributed by atoms with E-state index in [1.54, 1.807) is 11.7 Å². The van der Waals surface area contributed by atoms with Crippen LogP contribution in [0.15, 0.2) is 85.1 Å². The van der Waals surface area contributed by atoms with E-state index in [0.717, 1.165) is 28.1 Å². The zero-order chi connectivity index (χ0) is 22.3. The monoisotopic (exact) mass is 424 g/mol. The highest BCUT2D eigenvalue weighted by Crippen LogP contribution is 2.25. The lowest BCUT2D eigenvalue weighted by Crippen LogP contribution is -2.11. The van der Waals surface area contributed by atoms with Gasteiger partial charge >= 0.3 is 5.97 Å². The Morgan fingerprint density at radius 2 is 1.50 bits per heavy atom. The van der Waals surface area contributed by atoms with E-state index in [1.165, 1.54) is 12.7 Å². The number of aromatic nitrogens is 2. The second-order valence-corrected chi connectivity index (χ2v) is 7.24. The van der Waals surface area contributed by atoms with Crippen LogP contribution in [0.5, 0.6) is 5.75 Å². The Morgan fingerprint density at radius 3 is 2.16 bits per heavy atom. The molecule has 0 saturated carbocycles. The van der Waals surface area contributed by atoms with Gasteiger partial charge in [-0.25, -0.2) is 4.98 Å². The van der Waals surface area contributed by atoms with Crippen molar-refractivity contribution in [2.45, 2.75) is 6.54 Å². The van der Waals surface area contributed by atoms with Gasteiger partial charge < -0.3 is 14.0 Å². The van der Waals surface area contributed by atoms with Crippen LogP contribution in [0.4, 0.5) is 0 Å². The topological polar surface area (TPSA) is 53.4 Å². The van der Waals surface area contributed by atoms with Gasteiger partial charge in [0.25, 0.3) is 0 Å². The molecule has 5 heteroatoms. The summed E-state index contributed by atoms with van der Waals surface area (Å²) in [7, 11) is 3.03. The van der Waals surface area contributed by atoms with Crippen LogP contribution in [-0.4, -0.2) is 29.7 Å². The van der Waals surface area contributed by atoms with Gasteiger partial charge in [-0.1, -0.05) is 72.8 Å². The van der Waals surface area contributed by atoms with E-state index in [9.17, 15) is 4.79 Å². The van der Waals surface area contributed by atoms with Crippen molar-refractivity contribution in [2.24, 2.45) is 0 Å². The molecular weight excluding hydrogens is 400 g/mol. The minimum Gasteiger partial charge on any atom is -0.497 e. The van der Waals surface area contributed by atoms with E-state index in [1.807, 2.05) is 72.9 Å². The molecule has 0 atom stereocenters. The second-order valence-electron chi connectivity index (χ2n) is 7.24. The minimum absolute atomic E-state index is 0.0912. The highest BCUT2D eigenvalue weighted by Gasteiger charge is 2.11. The molecule has 160 valence electrons. The van der Waals surface area contributed by atoms with E-state index in [4.69, 9.17) is 14.5 Å². The van der Waals surface area contributed by atoms with Gasteiger partial charge in [0.05, 0.1) is 19.9 Å². The Kier molecular flexibility index (Phi) is 6.46. The van der Waals surface area contributed by atoms with Crippen LogP contribution in [0.3, 0.4) is 0 Å². The molecular formula is C27H24N2O3. The fourth-order valence-corrected chi connectivity index (χ4v) is 3.38. The van der Waals surface area contributed by atoms with Crippen LogP contribution in [0.25, 0.3) is 34.5 Å². The first-order valence-electron chi connectivity index (χ1n) is 10.3. The molecule has 5 nitrogen and oxygen atoms in total. The van der Waals surface area contributed by atoms with Crippen LogP contribution in [0.2, 0.25) is 0 Å². The summed E-state index contributed by atoms with van der Waals surface area (Å²) in [6.07, 6.45) is 5.73. The van der Waals surface area contributed by atoms with Crippen molar-refractivity contribution in [3.63, 3.8) is 0 Å². The maximum Gasteiger partial charge on any atom is 0.325 e. The molecule has 0 aliphatic carbocycles. The molecule has 0 saturated heterocycles. The van der Waals surface area contributed by atoms with Gasteiger partial charge in [0.15, 0.2) is 0 Å². The van der Waals surface area contributed by atoms with Gasteiger partial charge in [0, 0.05) is 11.8 Å². The smallest absolute Gasteiger partial charge is 0.325 e. The van der Waals surface area contributed by atoms with E-state index >= 15 is 0 Å². The number of carbonyl (C=O) groups is 1. The standard InChI is InChI=1S/C27H24N2O3/c1-31-24-15-8-20(9-16-24)10-17-26-28-25(18-29(26)19-27(30)32-2)23-13-11-22(12-14-23)21-6-4-3-5-7-21/h3-18H,19H2,1-2H3/b17-10+. The van der Waals surface area contributed by atoms with Crippen molar-refractivity contribution in [3.05, 3.63) is 96.4 Å². The highest BCUT2D eigenvalue weighted by atomic mass is 16.5. The largest absolute Gasteiger partial charge is 0.497 e. The Hall–Kier alpha value is -4.12. The third-order valence-corrected chi connectivity index (χ3v) is 5.16. The number of nitrogens with zero attached hydrogens (tertiary/aromatic N) is 2. The molecule has 0 spiro atoms. The predicted octanol–water partition coefficient (Wildman–Crippen LogP) is 5.57. The van der Waals surface area contributed by atoms with Gasteiger partial charge in [0.1, 0.15) is 18.1 Å². The van der Waals surface area contributed by atoms with Crippen LogP contribution < -0.4 is 4.74 Å². The molecule has 0 aliphatic heterocycles. The van der Waals surface area contributed by atoms with Crippen LogP contribution in [0.1, 0.15) is 11.4 Å². The number of benzene rings is 3. The highest BCUT2D eigenvalue weighted by molar-refractivity contribution is 5.74. The molecule has 0 aliphatic rings. The first kappa shape index (κ1) is 21.1. The summed E-state index contributed by atoms with van der Waals surface area (Å²) in [6.45, 7) is 0.0912. The second kappa shape index (κ2) is 9.79. The minimum atomic E-state index is -0.326. The zero-order valence-corrected chi connectivity index (χ0v) is 18.1. The van der Waals surface area contributed by atoms with Crippen LogP contribution >= 0.6 is 0 Å². The van der Waals surface area contributed by atoms with Crippen molar-refractivity contribution in [3.8, 4) is 28.1 Å². The lowest BCUT2D eigenvalue weighted by Gasteiger charge is -2.03. The van der Waals surface area contributed by atoms with Crippen LogP contribution in [-0.2, 0) is 16.1 Å². The lowest BCUT2D eigenvalue weighted by atomic mass is 10.0. The third-order valence-electron chi connectivity index (χ3n) is 5.16. The van der Waals surface area contributed by atoms with Crippen LogP contribution in [0, 0.1) is 0 Å². The zero-order valence-electron chi connectivity index (χ0n) is 18.1. The maximum atomic E-state index is 11.9. The number of hydrogen-bond acceptors (Lipinski definition) is 4. The van der Waals surface area contributed by atoms with Crippen molar-refractivity contribution in [2.75, 3.05) is 14.2 Å². The third kappa shape index (κ3) is 4.95. The average molecular weight is 425 g/mol. The van der Waals surface area contributed by atoms with Crippen molar-refractivity contribution < 1.29 is 14.3 Å². The molecule has 0 radical (unpaired) electrons. The summed E-state index contributed by atoms with van der Waals surface area (Å²) in [5.41, 5.74) is 5.09. The molecule has 32 heavy (non-hydrogen) atoms. The Bertz CT molecular complexity index is 1210. The summed E-state index contributed by atoms with van der Waals surface area (Å²) < 4.78 is 11.9. The van der Waals surface area contributed by atoms with Crippen molar-refractivity contribution >= 4 is 18.1 Å². The summed E-state index contributed by atoms with van der Waals surface area (Å²) in [4.78, 5) is 16.7. The number of rotatable bonds is 7. The normalized spacial score (nSPS) is 10.9. The molecule has 4 aromatic rings. The molecule has 4 rings (SSSR count). The van der Waals surface area contributed by atoms with Gasteiger partial charge in [-0.15, -0.1) is 0 Å². The van der Waals surface area contributed by atoms with E-state index in [0.29, 0.717) is 5.82 Å². The number of esters is 1. The average Bonchev–Trinajstić information content (AvgIpc) is 3.26. The molecule has 3 aromatic carbocycles. The first-order chi connectivity index (χ1) is 15.7. The van der Waals surface area contributed by atoms with Crippen molar-refractivity contribution in [1.82, 2.24) is 9.55 Å². The first-order valence-corrected chi connectivity index (χ1v) is 10.3. The number of carbonyl (C=O) groups excluding carboxylic acids is 1. The van der Waals surface area contributed by atoms with E-state index < -0.39 is 0 Å². The number of ether oxygens (including phenoxy) is 2. The fourth-order valence-electron chi connectivity index (χ4n) is 3.38. The number of methoxy groups -OCH3 is 2. The van der Waals surface area contributed by atoms with Gasteiger partial charge in [-0.05, 0) is 34.9 Å². The molecule has 1 heterocycles. The van der Waals surface area contributed by atoms with E-state index in [-0.39, 0.29) is 12.5 Å². The van der Waals surface area contributed by atoms with E-state index in [2.05, 4.69) is 24.3 Å². The quantitative estimate of drug-likeness (QED) is 0.364. The predicted molar refractivity (Wildman–Crippen MR) is 127 cm³/mol. The molecule has 0 bridgehead atoms. The van der Waals surface area contributed by atoms with Gasteiger partial charge in [-0.2, -0.15) is 0 Å². The van der Waals surface area contributed by atoms with Gasteiger partial charge in [-0.3, -0.25) is 4.79 Å². The molecule has 0 N–H and O–H groups in total. The maximum absolute atomic E-state index is 11.9. The van der Waals surface area contributed by atoms with Gasteiger partial charge in [0.2, 0.25) is 0 Å². The lowest BCUT2D eigenvalue weighted by molar-refractivity contribution is -0.141. The molecule has 0 unspecified atom stereocenters. The Labute approximate surface area is 187 Å². The molecule has 0 amide bonds.